The summed E-state index contributed by atoms with van der Waals surface area (Å²) in [5.41, 5.74) is 0. The Morgan fingerprint density at radius 2 is 1.22 bits per heavy atom. The van der Waals surface area contributed by atoms with E-state index in [9.17, 15) is 13.0 Å². The van der Waals surface area contributed by atoms with Gasteiger partial charge in [0.25, 0.3) is 0 Å². The highest BCUT2D eigenvalue weighted by molar-refractivity contribution is 14.1. The molecule has 1 aliphatic heterocycles. The number of hydrogen-bond acceptors (Lipinski definition) is 3. The van der Waals surface area contributed by atoms with Crippen molar-refractivity contribution in [3.8, 4) is 9.85 Å². The molecule has 32 heavy (non-hydrogen) atoms. The van der Waals surface area contributed by atoms with Crippen LogP contribution >= 0.6 is 22.6 Å². The van der Waals surface area contributed by atoms with Gasteiger partial charge in [0, 0.05) is 28.3 Å². The van der Waals surface area contributed by atoms with Crippen molar-refractivity contribution in [3.63, 3.8) is 0 Å². The summed E-state index contributed by atoms with van der Waals surface area (Å²) in [7, 11) is -3.94. The summed E-state index contributed by atoms with van der Waals surface area (Å²) in [6.45, 7) is 9.37. The van der Waals surface area contributed by atoms with Crippen LogP contribution in [0.3, 0.4) is 0 Å². The largest absolute Gasteiger partial charge is 0.748 e. The third kappa shape index (κ3) is 20.7. The molecule has 1 rings (SSSR count). The molecule has 0 aromatic carbocycles. The van der Waals surface area contributed by atoms with Crippen molar-refractivity contribution in [2.75, 3.05) is 31.9 Å². The smallest absolute Gasteiger partial charge is 0.141 e. The number of hydrogen-bond donors (Lipinski definition) is 0. The molecule has 190 valence electrons. The number of halogens is 1. The number of unbranched alkanes of at least 4 members (excludes halogenated alkanes) is 12. The lowest BCUT2D eigenvalue weighted by molar-refractivity contribution is -0.926. The molecule has 1 heterocycles. The molecule has 1 saturated heterocycles. The van der Waals surface area contributed by atoms with Crippen molar-refractivity contribution in [2.24, 2.45) is 0 Å². The average Bonchev–Trinajstić information content (AvgIpc) is 2.78. The molecule has 0 spiro atoms. The summed E-state index contributed by atoms with van der Waals surface area (Å²) in [5, 5.41) is 0. The Bertz CT molecular complexity index is 578. The SMILES string of the molecule is CCCCCCCCCCCCCC[N+]1(CC#CI)CCCCC1.CCCCS(=O)(=O)[O-]. The fraction of sp³-hybridized carbons (Fsp3) is 0.923. The van der Waals surface area contributed by atoms with Crippen LogP contribution in [-0.2, 0) is 10.1 Å². The number of quaternary nitrogens is 1. The van der Waals surface area contributed by atoms with E-state index < -0.39 is 10.1 Å². The van der Waals surface area contributed by atoms with Crippen molar-refractivity contribution < 1.29 is 17.5 Å². The number of nitrogens with zero attached hydrogens (tertiary/aromatic N) is 1. The molecule has 6 heteroatoms. The van der Waals surface area contributed by atoms with Gasteiger partial charge in [0.2, 0.25) is 0 Å². The zero-order chi connectivity index (χ0) is 24.0. The normalized spacial score (nSPS) is 15.4. The van der Waals surface area contributed by atoms with Crippen LogP contribution in [0.4, 0.5) is 0 Å². The topological polar surface area (TPSA) is 57.2 Å². The Morgan fingerprint density at radius 3 is 1.62 bits per heavy atom. The van der Waals surface area contributed by atoms with Crippen molar-refractivity contribution in [2.45, 2.75) is 123 Å². The van der Waals surface area contributed by atoms with Gasteiger partial charge in [-0.2, -0.15) is 0 Å². The van der Waals surface area contributed by atoms with Crippen molar-refractivity contribution >= 4 is 32.7 Å². The molecule has 0 N–H and O–H groups in total. The van der Waals surface area contributed by atoms with Gasteiger partial charge in [-0.3, -0.25) is 0 Å². The van der Waals surface area contributed by atoms with Gasteiger partial charge in [-0.05, 0) is 48.4 Å². The van der Waals surface area contributed by atoms with Gasteiger partial charge in [-0.1, -0.05) is 84.5 Å². The maximum Gasteiger partial charge on any atom is 0.141 e. The lowest BCUT2D eigenvalue weighted by Gasteiger charge is -2.40. The van der Waals surface area contributed by atoms with E-state index in [-0.39, 0.29) is 5.75 Å². The van der Waals surface area contributed by atoms with Gasteiger partial charge >= 0.3 is 0 Å². The maximum absolute atomic E-state index is 9.83. The monoisotopic (exact) mass is 583 g/mol. The molecule has 0 aliphatic carbocycles. The van der Waals surface area contributed by atoms with Gasteiger partial charge < -0.3 is 9.04 Å². The van der Waals surface area contributed by atoms with E-state index in [0.29, 0.717) is 6.42 Å². The second-order valence-electron chi connectivity index (χ2n) is 9.51. The number of likely N-dealkylation sites (tertiary alicyclic amines) is 1. The molecule has 0 bridgehead atoms. The first-order valence-electron chi connectivity index (χ1n) is 13.3. The summed E-state index contributed by atoms with van der Waals surface area (Å²) in [6.07, 6.45) is 22.9. The molecule has 0 radical (unpaired) electrons. The molecule has 4 nitrogen and oxygen atoms in total. The van der Waals surface area contributed by atoms with E-state index in [1.807, 2.05) is 6.92 Å². The van der Waals surface area contributed by atoms with Crippen LogP contribution in [0.5, 0.6) is 0 Å². The van der Waals surface area contributed by atoms with Gasteiger partial charge in [-0.15, -0.1) is 0 Å². The van der Waals surface area contributed by atoms with Gasteiger partial charge in [0.05, 0.1) is 29.8 Å². The molecule has 0 amide bonds. The number of rotatable bonds is 17. The van der Waals surface area contributed by atoms with Crippen LogP contribution < -0.4 is 0 Å². The quantitative estimate of drug-likeness (QED) is 0.0589. The highest BCUT2D eigenvalue weighted by Gasteiger charge is 2.28. The molecule has 0 aromatic heterocycles. The van der Waals surface area contributed by atoms with Crippen LogP contribution in [0.2, 0.25) is 0 Å². The molecule has 1 aliphatic rings. The van der Waals surface area contributed by atoms with Crippen molar-refractivity contribution in [3.05, 3.63) is 0 Å². The van der Waals surface area contributed by atoms with E-state index in [4.69, 9.17) is 0 Å². The summed E-state index contributed by atoms with van der Waals surface area (Å²) in [6, 6.07) is 0. The fourth-order valence-electron chi connectivity index (χ4n) is 4.45. The first-order valence-corrected chi connectivity index (χ1v) is 15.9. The maximum atomic E-state index is 9.83. The average molecular weight is 584 g/mol. The van der Waals surface area contributed by atoms with Crippen LogP contribution in [0.15, 0.2) is 0 Å². The standard InChI is InChI=1S/C22H41IN.C4H10O3S/c1-2-3-4-5-6-7-8-9-10-11-12-14-19-24(22-17-18-23)20-15-13-16-21-24;1-2-3-4-8(5,6)7/h2-16,19-22H2,1H3;2-4H2,1H3,(H,5,6,7)/q+1;/p-1. The van der Waals surface area contributed by atoms with Crippen LogP contribution in [0.1, 0.15) is 123 Å². The highest BCUT2D eigenvalue weighted by atomic mass is 127. The molecular formula is C26H50INO3S. The molecular weight excluding hydrogens is 533 g/mol. The lowest BCUT2D eigenvalue weighted by Crippen LogP contribution is -2.52. The molecule has 0 aromatic rings. The minimum Gasteiger partial charge on any atom is -0.748 e. The first-order chi connectivity index (χ1) is 15.4. The summed E-state index contributed by atoms with van der Waals surface area (Å²) >= 11 is 2.20. The Kier molecular flexibility index (Phi) is 21.8. The van der Waals surface area contributed by atoms with E-state index in [2.05, 4.69) is 39.4 Å². The highest BCUT2D eigenvalue weighted by Crippen LogP contribution is 2.20. The van der Waals surface area contributed by atoms with Gasteiger partial charge in [0.15, 0.2) is 0 Å². The second-order valence-corrected chi connectivity index (χ2v) is 11.6. The molecule has 0 atom stereocenters. The molecule has 0 unspecified atom stereocenters. The summed E-state index contributed by atoms with van der Waals surface area (Å²) in [4.78, 5) is 0. The third-order valence-corrected chi connectivity index (χ3v) is 7.65. The lowest BCUT2D eigenvalue weighted by atomic mass is 10.0. The van der Waals surface area contributed by atoms with Crippen LogP contribution in [-0.4, -0.2) is 49.4 Å². The van der Waals surface area contributed by atoms with Crippen LogP contribution in [0.25, 0.3) is 0 Å². The van der Waals surface area contributed by atoms with Gasteiger partial charge in [0.1, 0.15) is 6.54 Å². The summed E-state index contributed by atoms with van der Waals surface area (Å²) in [5.74, 6) is 3.14. The third-order valence-electron chi connectivity index (χ3n) is 6.48. The Hall–Kier alpha value is 0.160. The molecule has 1 fully saturated rings. The Balaban J connectivity index is 0.00000102. The zero-order valence-corrected chi connectivity index (χ0v) is 24.0. The molecule has 0 saturated carbocycles. The van der Waals surface area contributed by atoms with Crippen molar-refractivity contribution in [1.29, 1.82) is 0 Å². The predicted octanol–water partition coefficient (Wildman–Crippen LogP) is 7.42. The van der Waals surface area contributed by atoms with E-state index in [1.165, 1.54) is 120 Å². The van der Waals surface area contributed by atoms with E-state index in [1.54, 1.807) is 0 Å². The minimum absolute atomic E-state index is 0.219. The van der Waals surface area contributed by atoms with Crippen molar-refractivity contribution in [1.82, 2.24) is 0 Å². The van der Waals surface area contributed by atoms with E-state index >= 15 is 0 Å². The fourth-order valence-corrected chi connectivity index (χ4v) is 5.26. The predicted molar refractivity (Wildman–Crippen MR) is 146 cm³/mol. The Labute approximate surface area is 214 Å². The summed E-state index contributed by atoms with van der Waals surface area (Å²) < 4.78 is 33.9. The second kappa shape index (κ2) is 21.7. The minimum atomic E-state index is -3.94. The van der Waals surface area contributed by atoms with E-state index in [0.717, 1.165) is 13.0 Å². The van der Waals surface area contributed by atoms with Gasteiger partial charge in [-0.25, -0.2) is 8.42 Å². The van der Waals surface area contributed by atoms with Crippen LogP contribution in [0, 0.1) is 9.85 Å². The zero-order valence-electron chi connectivity index (χ0n) is 21.0. The number of piperidine rings is 1. The Morgan fingerprint density at radius 1 is 0.750 bits per heavy atom. The first kappa shape index (κ1) is 32.2.